The Kier molecular flexibility index (Phi) is 12.6. The number of nitrogens with two attached hydrogens (primary N) is 1. The zero-order valence-corrected chi connectivity index (χ0v) is 22.6. The molecule has 0 spiro atoms. The lowest BCUT2D eigenvalue weighted by molar-refractivity contribution is -0.143. The molecule has 0 saturated heterocycles. The number of rotatable bonds is 13. The number of carbonyl (C=O) groups excluding carboxylic acids is 5. The van der Waals surface area contributed by atoms with Gasteiger partial charge < -0.3 is 26.0 Å². The van der Waals surface area contributed by atoms with Crippen LogP contribution in [0.5, 0.6) is 0 Å². The molecule has 10 nitrogen and oxygen atoms in total. The van der Waals surface area contributed by atoms with E-state index < -0.39 is 41.3 Å². The number of hydrogen-bond donors (Lipinski definition) is 3. The molecule has 0 heterocycles. The van der Waals surface area contributed by atoms with E-state index in [1.54, 1.807) is 27.7 Å². The second-order valence-corrected chi connectivity index (χ2v) is 10.6. The van der Waals surface area contributed by atoms with Crippen molar-refractivity contribution < 1.29 is 28.7 Å². The largest absolute Gasteiger partial charge is 0.373 e. The topological polar surface area (TPSA) is 148 Å². The van der Waals surface area contributed by atoms with Gasteiger partial charge in [-0.25, -0.2) is 0 Å². The van der Waals surface area contributed by atoms with Crippen LogP contribution in [0.1, 0.15) is 46.6 Å². The third kappa shape index (κ3) is 11.7. The quantitative estimate of drug-likeness (QED) is 0.353. The van der Waals surface area contributed by atoms with Crippen molar-refractivity contribution in [2.45, 2.75) is 64.5 Å². The predicted molar refractivity (Wildman–Crippen MR) is 139 cm³/mol. The van der Waals surface area contributed by atoms with Gasteiger partial charge in [-0.3, -0.25) is 24.0 Å². The Morgan fingerprint density at radius 3 is 2.22 bits per heavy atom. The summed E-state index contributed by atoms with van der Waals surface area (Å²) in [4.78, 5) is 62.9. The summed E-state index contributed by atoms with van der Waals surface area (Å²) in [6, 6.07) is 7.53. The van der Waals surface area contributed by atoms with Gasteiger partial charge in [0.2, 0.25) is 23.6 Å². The smallest absolute Gasteiger partial charge is 0.245 e. The molecule has 36 heavy (non-hydrogen) atoms. The highest BCUT2D eigenvalue weighted by molar-refractivity contribution is 8.12. The Morgan fingerprint density at radius 1 is 1.06 bits per heavy atom. The van der Waals surface area contributed by atoms with Crippen molar-refractivity contribution in [1.82, 2.24) is 15.5 Å². The highest BCUT2D eigenvalue weighted by Gasteiger charge is 2.31. The molecule has 0 aromatic heterocycles. The van der Waals surface area contributed by atoms with Crippen LogP contribution in [0.2, 0.25) is 0 Å². The summed E-state index contributed by atoms with van der Waals surface area (Å²) in [6.07, 6.45) is 0.0343. The van der Waals surface area contributed by atoms with Gasteiger partial charge in [-0.15, -0.1) is 0 Å². The standard InChI is InChI=1S/C25H38N4O6S/c1-16(12-21(31)36-15-18-10-8-7-9-11-18)24(34)29(6)17(2)22(32)28-19(14-35-25(3,4)5)23(33)27-13-20(26)30/h7-11,16-17,19H,12-15H2,1-6H3,(H2,26,30)(H,27,33)(H,28,32)/t16-,17-,19-/m0/s1. The molecule has 200 valence electrons. The van der Waals surface area contributed by atoms with Crippen LogP contribution in [0, 0.1) is 5.92 Å². The molecule has 1 aromatic rings. The van der Waals surface area contributed by atoms with Gasteiger partial charge in [-0.1, -0.05) is 49.0 Å². The van der Waals surface area contributed by atoms with Crippen LogP contribution < -0.4 is 16.4 Å². The van der Waals surface area contributed by atoms with E-state index in [0.717, 1.165) is 17.3 Å². The average molecular weight is 523 g/mol. The van der Waals surface area contributed by atoms with Gasteiger partial charge in [0, 0.05) is 25.1 Å². The fourth-order valence-electron chi connectivity index (χ4n) is 2.95. The maximum absolute atomic E-state index is 12.9. The Bertz CT molecular complexity index is 919. The van der Waals surface area contributed by atoms with E-state index in [0.29, 0.717) is 5.75 Å². The first kappa shape index (κ1) is 31.1. The number of nitrogens with one attached hydrogen (secondary N) is 2. The van der Waals surface area contributed by atoms with Crippen LogP contribution in [-0.4, -0.2) is 71.5 Å². The predicted octanol–water partition coefficient (Wildman–Crippen LogP) is 1.22. The average Bonchev–Trinajstić information content (AvgIpc) is 2.82. The van der Waals surface area contributed by atoms with Crippen molar-refractivity contribution >= 4 is 40.5 Å². The van der Waals surface area contributed by atoms with E-state index in [9.17, 15) is 24.0 Å². The molecule has 11 heteroatoms. The van der Waals surface area contributed by atoms with Gasteiger partial charge in [0.05, 0.1) is 18.8 Å². The number of nitrogens with zero attached hydrogens (tertiary/aromatic N) is 1. The minimum absolute atomic E-state index is 0.0343. The molecular weight excluding hydrogens is 484 g/mol. The van der Waals surface area contributed by atoms with Crippen molar-refractivity contribution in [3.8, 4) is 0 Å². The third-order valence-electron chi connectivity index (χ3n) is 5.20. The summed E-state index contributed by atoms with van der Waals surface area (Å²) in [5.74, 6) is -2.42. The summed E-state index contributed by atoms with van der Waals surface area (Å²) in [5.41, 5.74) is 5.51. The van der Waals surface area contributed by atoms with Crippen LogP contribution in [0.25, 0.3) is 0 Å². The van der Waals surface area contributed by atoms with E-state index >= 15 is 0 Å². The SMILES string of the molecule is C[C@@H](CC(=O)SCc1ccccc1)C(=O)N(C)[C@@H](C)C(=O)N[C@@H](COC(C)(C)C)C(=O)NCC(N)=O. The van der Waals surface area contributed by atoms with E-state index in [4.69, 9.17) is 10.5 Å². The van der Waals surface area contributed by atoms with Crippen LogP contribution in [0.15, 0.2) is 30.3 Å². The van der Waals surface area contributed by atoms with Crippen molar-refractivity contribution in [3.63, 3.8) is 0 Å². The molecule has 0 fully saturated rings. The summed E-state index contributed by atoms with van der Waals surface area (Å²) < 4.78 is 5.63. The lowest BCUT2D eigenvalue weighted by Gasteiger charge is -2.29. The van der Waals surface area contributed by atoms with Gasteiger partial charge in [-0.2, -0.15) is 0 Å². The van der Waals surface area contributed by atoms with Crippen molar-refractivity contribution in [2.24, 2.45) is 11.7 Å². The number of carbonyl (C=O) groups is 5. The van der Waals surface area contributed by atoms with Gasteiger partial charge >= 0.3 is 0 Å². The number of hydrogen-bond acceptors (Lipinski definition) is 7. The third-order valence-corrected chi connectivity index (χ3v) is 6.16. The zero-order chi connectivity index (χ0) is 27.5. The molecule has 0 radical (unpaired) electrons. The number of amides is 4. The molecule has 0 unspecified atom stereocenters. The van der Waals surface area contributed by atoms with Crippen LogP contribution in [0.4, 0.5) is 0 Å². The van der Waals surface area contributed by atoms with Crippen molar-refractivity contribution in [2.75, 3.05) is 20.2 Å². The number of ether oxygens (including phenoxy) is 1. The molecule has 1 rings (SSSR count). The molecule has 0 aliphatic heterocycles. The summed E-state index contributed by atoms with van der Waals surface area (Å²) in [5, 5.41) is 4.81. The maximum atomic E-state index is 12.9. The van der Waals surface area contributed by atoms with Gasteiger partial charge in [0.1, 0.15) is 12.1 Å². The Hall–Kier alpha value is -2.92. The first-order valence-electron chi connectivity index (χ1n) is 11.7. The Morgan fingerprint density at radius 2 is 1.67 bits per heavy atom. The minimum atomic E-state index is -1.10. The number of benzene rings is 1. The fourth-order valence-corrected chi connectivity index (χ4v) is 3.84. The van der Waals surface area contributed by atoms with Crippen molar-refractivity contribution in [1.29, 1.82) is 0 Å². The van der Waals surface area contributed by atoms with E-state index in [1.165, 1.54) is 18.9 Å². The lowest BCUT2D eigenvalue weighted by Crippen LogP contribution is -2.56. The molecule has 0 aliphatic rings. The number of thioether (sulfide) groups is 1. The first-order valence-corrected chi connectivity index (χ1v) is 12.7. The van der Waals surface area contributed by atoms with E-state index in [1.807, 2.05) is 30.3 Å². The number of likely N-dealkylation sites (N-methyl/N-ethyl adjacent to an activating group) is 1. The summed E-state index contributed by atoms with van der Waals surface area (Å²) >= 11 is 1.15. The molecule has 4 N–H and O–H groups in total. The molecule has 0 bridgehead atoms. The normalized spacial score (nSPS) is 13.7. The molecule has 0 aliphatic carbocycles. The highest BCUT2D eigenvalue weighted by atomic mass is 32.2. The molecule has 1 aromatic carbocycles. The lowest BCUT2D eigenvalue weighted by atomic mass is 10.1. The highest BCUT2D eigenvalue weighted by Crippen LogP contribution is 2.19. The van der Waals surface area contributed by atoms with E-state index in [-0.39, 0.29) is 30.6 Å². The minimum Gasteiger partial charge on any atom is -0.373 e. The monoisotopic (exact) mass is 522 g/mol. The zero-order valence-electron chi connectivity index (χ0n) is 21.8. The number of primary amides is 1. The van der Waals surface area contributed by atoms with Gasteiger partial charge in [0.15, 0.2) is 5.12 Å². The fraction of sp³-hybridized carbons (Fsp3) is 0.560. The second-order valence-electron chi connectivity index (χ2n) is 9.55. The second kappa shape index (κ2) is 14.6. The van der Waals surface area contributed by atoms with Crippen LogP contribution in [0.3, 0.4) is 0 Å². The molecule has 3 atom stereocenters. The summed E-state index contributed by atoms with van der Waals surface area (Å²) in [7, 11) is 1.47. The van der Waals surface area contributed by atoms with Crippen LogP contribution in [-0.2, 0) is 34.5 Å². The van der Waals surface area contributed by atoms with Crippen molar-refractivity contribution in [3.05, 3.63) is 35.9 Å². The molecule has 4 amide bonds. The Labute approximate surface area is 217 Å². The van der Waals surface area contributed by atoms with Gasteiger partial charge in [0.25, 0.3) is 0 Å². The maximum Gasteiger partial charge on any atom is 0.245 e. The molecule has 0 saturated carbocycles. The van der Waals surface area contributed by atoms with Crippen LogP contribution >= 0.6 is 11.8 Å². The first-order chi connectivity index (χ1) is 16.7. The summed E-state index contributed by atoms with van der Waals surface area (Å²) in [6.45, 7) is 8.02. The molecular formula is C25H38N4O6S. The Balaban J connectivity index is 2.70. The van der Waals surface area contributed by atoms with Gasteiger partial charge in [-0.05, 0) is 33.3 Å². The van der Waals surface area contributed by atoms with E-state index in [2.05, 4.69) is 10.6 Å².